The summed E-state index contributed by atoms with van der Waals surface area (Å²) >= 11 is 5.54. The lowest BCUT2D eigenvalue weighted by atomic mass is 10.1. The molecule has 6 nitrogen and oxygen atoms in total. The fraction of sp³-hybridized carbons (Fsp3) is 0.556. The van der Waals surface area contributed by atoms with Gasteiger partial charge in [-0.1, -0.05) is 12.1 Å². The van der Waals surface area contributed by atoms with Crippen LogP contribution in [0.15, 0.2) is 24.3 Å². The Labute approximate surface area is 154 Å². The Morgan fingerprint density at radius 2 is 2.08 bits per heavy atom. The van der Waals surface area contributed by atoms with Crippen LogP contribution in [0.25, 0.3) is 0 Å². The number of benzene rings is 1. The van der Waals surface area contributed by atoms with Crippen LogP contribution in [0.5, 0.6) is 5.75 Å². The van der Waals surface area contributed by atoms with Gasteiger partial charge in [-0.3, -0.25) is 4.79 Å². The number of nitrogens with zero attached hydrogens (tertiary/aromatic N) is 2. The van der Waals surface area contributed by atoms with Gasteiger partial charge in [0.05, 0.1) is 18.8 Å². The van der Waals surface area contributed by atoms with E-state index in [1.807, 2.05) is 34.1 Å². The highest BCUT2D eigenvalue weighted by Crippen LogP contribution is 2.33. The van der Waals surface area contributed by atoms with Gasteiger partial charge in [-0.25, -0.2) is 0 Å². The zero-order chi connectivity index (χ0) is 17.6. The van der Waals surface area contributed by atoms with E-state index in [1.54, 1.807) is 7.11 Å². The van der Waals surface area contributed by atoms with Crippen molar-refractivity contribution < 1.29 is 14.3 Å². The first-order chi connectivity index (χ1) is 12.2. The molecule has 2 heterocycles. The van der Waals surface area contributed by atoms with Gasteiger partial charge in [-0.2, -0.15) is 0 Å². The van der Waals surface area contributed by atoms with Crippen LogP contribution in [0, 0.1) is 0 Å². The molecule has 1 aromatic rings. The number of fused-ring (bicyclic) bond motifs is 1. The van der Waals surface area contributed by atoms with E-state index in [0.717, 1.165) is 31.6 Å². The molecule has 1 atom stereocenters. The Hall–Kier alpha value is -1.86. The average Bonchev–Trinajstić information content (AvgIpc) is 2.67. The smallest absolute Gasteiger partial charge is 0.265 e. The van der Waals surface area contributed by atoms with Gasteiger partial charge in [-0.15, -0.1) is 0 Å². The molecule has 7 heteroatoms. The van der Waals surface area contributed by atoms with Crippen molar-refractivity contribution >= 4 is 28.9 Å². The molecule has 1 aromatic carbocycles. The molecule has 0 aliphatic carbocycles. The van der Waals surface area contributed by atoms with Crippen LogP contribution in [-0.4, -0.2) is 61.9 Å². The van der Waals surface area contributed by atoms with Crippen molar-refractivity contribution in [3.8, 4) is 5.75 Å². The minimum Gasteiger partial charge on any atom is -0.476 e. The van der Waals surface area contributed by atoms with Crippen molar-refractivity contribution in [2.45, 2.75) is 25.4 Å². The Morgan fingerprint density at radius 3 is 2.84 bits per heavy atom. The minimum atomic E-state index is -0.532. The number of amides is 1. The summed E-state index contributed by atoms with van der Waals surface area (Å²) in [6, 6.07) is 7.70. The number of piperidine rings is 1. The molecule has 1 saturated heterocycles. The fourth-order valence-electron chi connectivity index (χ4n) is 3.23. The van der Waals surface area contributed by atoms with Crippen LogP contribution in [-0.2, 0) is 9.53 Å². The summed E-state index contributed by atoms with van der Waals surface area (Å²) in [5, 5.41) is 3.77. The van der Waals surface area contributed by atoms with Gasteiger partial charge < -0.3 is 24.6 Å². The number of ether oxygens (including phenoxy) is 2. The van der Waals surface area contributed by atoms with Crippen molar-refractivity contribution in [2.75, 3.05) is 44.8 Å². The molecule has 136 valence electrons. The van der Waals surface area contributed by atoms with Crippen LogP contribution in [0.4, 0.5) is 5.69 Å². The van der Waals surface area contributed by atoms with Crippen LogP contribution in [0.3, 0.4) is 0 Å². The Balaban J connectivity index is 1.75. The lowest BCUT2D eigenvalue weighted by Gasteiger charge is -2.38. The number of carbonyl (C=O) groups is 1. The first-order valence-corrected chi connectivity index (χ1v) is 9.20. The molecule has 0 saturated carbocycles. The van der Waals surface area contributed by atoms with Crippen LogP contribution in [0.1, 0.15) is 19.3 Å². The van der Waals surface area contributed by atoms with E-state index in [1.165, 1.54) is 6.42 Å². The predicted octanol–water partition coefficient (Wildman–Crippen LogP) is 1.79. The highest BCUT2D eigenvalue weighted by molar-refractivity contribution is 7.80. The van der Waals surface area contributed by atoms with E-state index in [9.17, 15) is 4.79 Å². The van der Waals surface area contributed by atoms with Gasteiger partial charge in [-0.05, 0) is 43.6 Å². The SMILES string of the molecule is COCCNC(=S)N1C[C@H](C(=O)N2CCCCC2)Oc2ccccc21. The zero-order valence-corrected chi connectivity index (χ0v) is 15.4. The third kappa shape index (κ3) is 4.22. The third-order valence-electron chi connectivity index (χ3n) is 4.54. The van der Waals surface area contributed by atoms with Gasteiger partial charge in [0.15, 0.2) is 11.2 Å². The second kappa shape index (κ2) is 8.49. The molecule has 0 radical (unpaired) electrons. The van der Waals surface area contributed by atoms with E-state index >= 15 is 0 Å². The molecule has 0 bridgehead atoms. The number of rotatable bonds is 4. The van der Waals surface area contributed by atoms with Gasteiger partial charge in [0.1, 0.15) is 5.75 Å². The molecule has 0 unspecified atom stereocenters. The van der Waals surface area contributed by atoms with Crippen LogP contribution >= 0.6 is 12.2 Å². The molecule has 2 aliphatic heterocycles. The number of nitrogens with one attached hydrogen (secondary N) is 1. The van der Waals surface area contributed by atoms with Gasteiger partial charge in [0.2, 0.25) is 0 Å². The first-order valence-electron chi connectivity index (χ1n) is 8.79. The molecule has 2 aliphatic rings. The number of carbonyl (C=O) groups excluding carboxylic acids is 1. The van der Waals surface area contributed by atoms with E-state index in [4.69, 9.17) is 21.7 Å². The van der Waals surface area contributed by atoms with Gasteiger partial charge >= 0.3 is 0 Å². The third-order valence-corrected chi connectivity index (χ3v) is 4.91. The summed E-state index contributed by atoms with van der Waals surface area (Å²) in [5.41, 5.74) is 0.889. The van der Waals surface area contributed by atoms with Crippen molar-refractivity contribution in [1.29, 1.82) is 0 Å². The highest BCUT2D eigenvalue weighted by Gasteiger charge is 2.35. The second-order valence-corrected chi connectivity index (χ2v) is 6.68. The van der Waals surface area contributed by atoms with Crippen LogP contribution < -0.4 is 15.0 Å². The number of methoxy groups -OCH3 is 1. The summed E-state index contributed by atoms with van der Waals surface area (Å²) in [4.78, 5) is 16.8. The van der Waals surface area contributed by atoms with E-state index < -0.39 is 6.10 Å². The lowest BCUT2D eigenvalue weighted by Crippen LogP contribution is -2.54. The maximum Gasteiger partial charge on any atom is 0.265 e. The second-order valence-electron chi connectivity index (χ2n) is 6.30. The average molecular weight is 363 g/mol. The molecule has 1 fully saturated rings. The summed E-state index contributed by atoms with van der Waals surface area (Å²) in [7, 11) is 1.65. The minimum absolute atomic E-state index is 0.0545. The molecule has 25 heavy (non-hydrogen) atoms. The standard InChI is InChI=1S/C18H25N3O3S/c1-23-12-9-19-18(25)21-13-16(17(22)20-10-5-2-6-11-20)24-15-8-4-3-7-14(15)21/h3-4,7-8,16H,2,5-6,9-13H2,1H3,(H,19,25)/t16-/m1/s1. The fourth-order valence-corrected chi connectivity index (χ4v) is 3.50. The van der Waals surface area contributed by atoms with Crippen molar-refractivity contribution in [1.82, 2.24) is 10.2 Å². The number of likely N-dealkylation sites (tertiary alicyclic amines) is 1. The predicted molar refractivity (Wildman–Crippen MR) is 101 cm³/mol. The van der Waals surface area contributed by atoms with E-state index in [0.29, 0.717) is 30.6 Å². The largest absolute Gasteiger partial charge is 0.476 e. The zero-order valence-electron chi connectivity index (χ0n) is 14.6. The maximum atomic E-state index is 12.9. The molecular formula is C18H25N3O3S. The molecule has 1 N–H and O–H groups in total. The van der Waals surface area contributed by atoms with E-state index in [2.05, 4.69) is 5.32 Å². The Kier molecular flexibility index (Phi) is 6.09. The Morgan fingerprint density at radius 1 is 1.32 bits per heavy atom. The number of anilines is 1. The molecule has 3 rings (SSSR count). The number of para-hydroxylation sites is 2. The molecule has 0 aromatic heterocycles. The van der Waals surface area contributed by atoms with Crippen LogP contribution in [0.2, 0.25) is 0 Å². The maximum absolute atomic E-state index is 12.9. The lowest BCUT2D eigenvalue weighted by molar-refractivity contribution is -0.139. The summed E-state index contributed by atoms with van der Waals surface area (Å²) in [6.07, 6.45) is 2.79. The van der Waals surface area contributed by atoms with Crippen molar-refractivity contribution in [2.24, 2.45) is 0 Å². The van der Waals surface area contributed by atoms with E-state index in [-0.39, 0.29) is 5.91 Å². The normalized spacial score (nSPS) is 19.8. The van der Waals surface area contributed by atoms with Crippen molar-refractivity contribution in [3.05, 3.63) is 24.3 Å². The molecule has 0 spiro atoms. The van der Waals surface area contributed by atoms with Crippen molar-refractivity contribution in [3.63, 3.8) is 0 Å². The highest BCUT2D eigenvalue weighted by atomic mass is 32.1. The van der Waals surface area contributed by atoms with Gasteiger partial charge in [0.25, 0.3) is 5.91 Å². The van der Waals surface area contributed by atoms with Gasteiger partial charge in [0, 0.05) is 26.7 Å². The molecule has 1 amide bonds. The summed E-state index contributed by atoms with van der Waals surface area (Å²) in [5.74, 6) is 0.749. The Bertz CT molecular complexity index is 619. The topological polar surface area (TPSA) is 54.0 Å². The first kappa shape index (κ1) is 17.9. The monoisotopic (exact) mass is 363 g/mol. The molecular weight excluding hydrogens is 338 g/mol. The summed E-state index contributed by atoms with van der Waals surface area (Å²) in [6.45, 7) is 3.25. The summed E-state index contributed by atoms with van der Waals surface area (Å²) < 4.78 is 11.1. The number of hydrogen-bond donors (Lipinski definition) is 1. The number of thiocarbonyl (C=S) groups is 1. The quantitative estimate of drug-likeness (QED) is 0.650. The number of hydrogen-bond acceptors (Lipinski definition) is 4.